The van der Waals surface area contributed by atoms with Crippen molar-refractivity contribution in [1.82, 2.24) is 10.1 Å². The summed E-state index contributed by atoms with van der Waals surface area (Å²) in [6.07, 6.45) is 1.42. The molecule has 3 rings (SSSR count). The summed E-state index contributed by atoms with van der Waals surface area (Å²) in [6, 6.07) is 4.06. The number of ether oxygens (including phenoxy) is 1. The van der Waals surface area contributed by atoms with E-state index in [1.165, 1.54) is 4.88 Å². The first-order valence-corrected chi connectivity index (χ1v) is 6.36. The Balaban J connectivity index is 1.78. The van der Waals surface area contributed by atoms with Crippen LogP contribution in [0, 0.1) is 0 Å². The van der Waals surface area contributed by atoms with Crippen LogP contribution in [0.2, 0.25) is 0 Å². The Hall–Kier alpha value is -1.24. The molecule has 1 unspecified atom stereocenters. The van der Waals surface area contributed by atoms with E-state index in [1.807, 2.05) is 11.4 Å². The van der Waals surface area contributed by atoms with Gasteiger partial charge in [-0.2, -0.15) is 4.98 Å². The van der Waals surface area contributed by atoms with Gasteiger partial charge < -0.3 is 15.0 Å². The number of hydrogen-bond acceptors (Lipinski definition) is 6. The average molecular weight is 251 g/mol. The molecule has 1 atom stereocenters. The lowest BCUT2D eigenvalue weighted by Crippen LogP contribution is -2.37. The zero-order valence-corrected chi connectivity index (χ0v) is 10.1. The summed E-state index contributed by atoms with van der Waals surface area (Å²) in [7, 11) is 0. The lowest BCUT2D eigenvalue weighted by Gasteiger charge is -2.14. The van der Waals surface area contributed by atoms with Gasteiger partial charge in [0.05, 0.1) is 6.61 Å². The topological polar surface area (TPSA) is 74.2 Å². The maximum Gasteiger partial charge on any atom is 0.249 e. The molecule has 0 aliphatic carbocycles. The zero-order valence-electron chi connectivity index (χ0n) is 9.26. The van der Waals surface area contributed by atoms with E-state index in [0.29, 0.717) is 31.3 Å². The van der Waals surface area contributed by atoms with Crippen molar-refractivity contribution >= 4 is 11.3 Å². The molecule has 17 heavy (non-hydrogen) atoms. The summed E-state index contributed by atoms with van der Waals surface area (Å²) < 4.78 is 10.5. The highest BCUT2D eigenvalue weighted by Crippen LogP contribution is 2.26. The van der Waals surface area contributed by atoms with Crippen LogP contribution in [0.3, 0.4) is 0 Å². The van der Waals surface area contributed by atoms with Gasteiger partial charge in [0, 0.05) is 17.9 Å². The number of thiophene rings is 1. The highest BCUT2D eigenvalue weighted by atomic mass is 32.1. The van der Waals surface area contributed by atoms with E-state index in [9.17, 15) is 0 Å². The minimum Gasteiger partial charge on any atom is -0.379 e. The molecule has 1 fully saturated rings. The van der Waals surface area contributed by atoms with Crippen LogP contribution in [0.15, 0.2) is 22.0 Å². The van der Waals surface area contributed by atoms with E-state index in [1.54, 1.807) is 11.3 Å². The fraction of sp³-hybridized carbons (Fsp3) is 0.455. The third-order valence-corrected chi connectivity index (χ3v) is 3.73. The van der Waals surface area contributed by atoms with Gasteiger partial charge in [0.2, 0.25) is 5.89 Å². The van der Waals surface area contributed by atoms with Gasteiger partial charge in [-0.25, -0.2) is 0 Å². The Labute approximate surface area is 103 Å². The third-order valence-electron chi connectivity index (χ3n) is 2.86. The van der Waals surface area contributed by atoms with Crippen LogP contribution in [0.4, 0.5) is 0 Å². The summed E-state index contributed by atoms with van der Waals surface area (Å²) >= 11 is 1.68. The predicted octanol–water partition coefficient (Wildman–Crippen LogP) is 1.30. The molecule has 2 aromatic heterocycles. The Morgan fingerprint density at radius 2 is 2.47 bits per heavy atom. The molecule has 1 aliphatic heterocycles. The van der Waals surface area contributed by atoms with Crippen molar-refractivity contribution in [3.63, 3.8) is 0 Å². The van der Waals surface area contributed by atoms with Crippen LogP contribution >= 0.6 is 11.3 Å². The Kier molecular flexibility index (Phi) is 2.70. The molecule has 6 heteroatoms. The minimum absolute atomic E-state index is 0.452. The molecule has 0 saturated carbocycles. The van der Waals surface area contributed by atoms with Crippen molar-refractivity contribution in [2.45, 2.75) is 18.4 Å². The van der Waals surface area contributed by atoms with Gasteiger partial charge in [-0.15, -0.1) is 11.3 Å². The smallest absolute Gasteiger partial charge is 0.249 e. The molecular formula is C11H13N3O2S. The molecule has 2 aromatic rings. The van der Waals surface area contributed by atoms with E-state index in [4.69, 9.17) is 15.0 Å². The molecule has 1 saturated heterocycles. The van der Waals surface area contributed by atoms with Crippen LogP contribution in [-0.4, -0.2) is 23.4 Å². The largest absolute Gasteiger partial charge is 0.379 e. The number of nitrogens with zero attached hydrogens (tertiary/aromatic N) is 2. The second-order valence-electron chi connectivity index (χ2n) is 4.23. The van der Waals surface area contributed by atoms with Gasteiger partial charge >= 0.3 is 0 Å². The number of aromatic nitrogens is 2. The lowest BCUT2D eigenvalue weighted by atomic mass is 10.0. The van der Waals surface area contributed by atoms with Crippen molar-refractivity contribution < 1.29 is 9.26 Å². The molecule has 0 amide bonds. The molecule has 0 aromatic carbocycles. The van der Waals surface area contributed by atoms with Crippen LogP contribution < -0.4 is 5.73 Å². The number of nitrogens with two attached hydrogens (primary N) is 1. The van der Waals surface area contributed by atoms with E-state index in [2.05, 4.69) is 16.2 Å². The molecule has 0 radical (unpaired) electrons. The molecule has 1 aliphatic rings. The molecule has 2 N–H and O–H groups in total. The van der Waals surface area contributed by atoms with Crippen molar-refractivity contribution in [2.24, 2.45) is 5.73 Å². The maximum absolute atomic E-state index is 6.15. The Morgan fingerprint density at radius 1 is 1.53 bits per heavy atom. The zero-order chi connectivity index (χ0) is 11.7. The summed E-state index contributed by atoms with van der Waals surface area (Å²) in [5.74, 6) is 1.17. The van der Waals surface area contributed by atoms with Crippen LogP contribution in [0.1, 0.15) is 23.0 Å². The number of rotatable bonds is 3. The van der Waals surface area contributed by atoms with E-state index < -0.39 is 5.54 Å². The quantitative estimate of drug-likeness (QED) is 0.890. The summed E-state index contributed by atoms with van der Waals surface area (Å²) in [5, 5.41) is 6.00. The van der Waals surface area contributed by atoms with E-state index in [0.717, 1.165) is 6.42 Å². The van der Waals surface area contributed by atoms with Gasteiger partial charge in [0.1, 0.15) is 5.54 Å². The first kappa shape index (κ1) is 10.9. The second kappa shape index (κ2) is 4.21. The molecule has 0 spiro atoms. The number of hydrogen-bond donors (Lipinski definition) is 1. The fourth-order valence-corrected chi connectivity index (χ4v) is 2.55. The van der Waals surface area contributed by atoms with Gasteiger partial charge in [-0.3, -0.25) is 0 Å². The van der Waals surface area contributed by atoms with Gasteiger partial charge in [0.15, 0.2) is 5.82 Å². The van der Waals surface area contributed by atoms with Crippen molar-refractivity contribution in [3.05, 3.63) is 34.1 Å². The van der Waals surface area contributed by atoms with Crippen LogP contribution in [0.25, 0.3) is 0 Å². The minimum atomic E-state index is -0.597. The standard InChI is InChI=1S/C11H13N3O2S/c12-11(3-4-15-7-11)10-13-9(14-16-10)6-8-2-1-5-17-8/h1-2,5H,3-4,6-7,12H2. The van der Waals surface area contributed by atoms with E-state index >= 15 is 0 Å². The van der Waals surface area contributed by atoms with Crippen LogP contribution in [0.5, 0.6) is 0 Å². The SMILES string of the molecule is NC1(c2nc(Cc3cccs3)no2)CCOC1. The van der Waals surface area contributed by atoms with Gasteiger partial charge in [-0.1, -0.05) is 11.2 Å². The Bertz CT molecular complexity index is 489. The van der Waals surface area contributed by atoms with Crippen molar-refractivity contribution in [3.8, 4) is 0 Å². The predicted molar refractivity (Wildman–Crippen MR) is 62.7 cm³/mol. The second-order valence-corrected chi connectivity index (χ2v) is 5.26. The highest BCUT2D eigenvalue weighted by Gasteiger charge is 2.38. The van der Waals surface area contributed by atoms with Crippen molar-refractivity contribution in [1.29, 1.82) is 0 Å². The molecule has 5 nitrogen and oxygen atoms in total. The van der Waals surface area contributed by atoms with Gasteiger partial charge in [-0.05, 0) is 17.9 Å². The third kappa shape index (κ3) is 2.11. The van der Waals surface area contributed by atoms with Gasteiger partial charge in [0.25, 0.3) is 0 Å². The highest BCUT2D eigenvalue weighted by molar-refractivity contribution is 7.09. The monoisotopic (exact) mass is 251 g/mol. The molecular weight excluding hydrogens is 238 g/mol. The first-order valence-electron chi connectivity index (χ1n) is 5.48. The molecule has 90 valence electrons. The summed E-state index contributed by atoms with van der Waals surface area (Å²) in [4.78, 5) is 5.58. The van der Waals surface area contributed by atoms with Crippen molar-refractivity contribution in [2.75, 3.05) is 13.2 Å². The van der Waals surface area contributed by atoms with Crippen LogP contribution in [-0.2, 0) is 16.7 Å². The fourth-order valence-electron chi connectivity index (χ4n) is 1.85. The lowest BCUT2D eigenvalue weighted by molar-refractivity contribution is 0.166. The normalized spacial score (nSPS) is 24.3. The molecule has 3 heterocycles. The van der Waals surface area contributed by atoms with E-state index in [-0.39, 0.29) is 0 Å². The first-order chi connectivity index (χ1) is 8.26. The maximum atomic E-state index is 6.15. The Morgan fingerprint density at radius 3 is 3.18 bits per heavy atom. The molecule has 0 bridgehead atoms. The summed E-state index contributed by atoms with van der Waals surface area (Å²) in [6.45, 7) is 1.10. The summed E-state index contributed by atoms with van der Waals surface area (Å²) in [5.41, 5.74) is 5.55. The average Bonchev–Trinajstić information content (AvgIpc) is 3.00.